The first-order valence-corrected chi connectivity index (χ1v) is 15.4. The number of rotatable bonds is 18. The van der Waals surface area contributed by atoms with E-state index in [-0.39, 0.29) is 31.7 Å². The summed E-state index contributed by atoms with van der Waals surface area (Å²) in [4.78, 5) is 50.2. The van der Waals surface area contributed by atoms with Crippen LogP contribution in [0.15, 0.2) is 72.8 Å². The topological polar surface area (TPSA) is 186 Å². The lowest BCUT2D eigenvalue weighted by molar-refractivity contribution is -0.128. The maximum absolute atomic E-state index is 13.5. The van der Waals surface area contributed by atoms with Gasteiger partial charge in [-0.05, 0) is 79.5 Å². The second-order valence-corrected chi connectivity index (χ2v) is 11.7. The van der Waals surface area contributed by atoms with E-state index in [0.29, 0.717) is 32.1 Å². The molecule has 0 radical (unpaired) electrons. The second kappa shape index (κ2) is 17.7. The van der Waals surface area contributed by atoms with Crippen molar-refractivity contribution in [2.24, 2.45) is 11.5 Å². The van der Waals surface area contributed by atoms with E-state index in [1.165, 1.54) is 0 Å². The Labute approximate surface area is 270 Å². The average molecular weight is 632 g/mol. The molecule has 246 valence electrons. The van der Waals surface area contributed by atoms with Crippen LogP contribution in [-0.2, 0) is 38.6 Å². The molecule has 0 fully saturated rings. The molecule has 11 nitrogen and oxygen atoms in total. The Morgan fingerprint density at radius 1 is 0.935 bits per heavy atom. The number of amides is 3. The van der Waals surface area contributed by atoms with Crippen LogP contribution in [0.3, 0.4) is 0 Å². The van der Waals surface area contributed by atoms with Crippen LogP contribution in [0.1, 0.15) is 47.1 Å². The van der Waals surface area contributed by atoms with Crippen LogP contribution in [0, 0.1) is 13.8 Å². The predicted octanol–water partition coefficient (Wildman–Crippen LogP) is 2.72. The molecule has 11 heteroatoms. The number of benzene rings is 3. The van der Waals surface area contributed by atoms with Gasteiger partial charge in [-0.1, -0.05) is 60.7 Å². The smallest absolute Gasteiger partial charge is 0.407 e. The van der Waals surface area contributed by atoms with E-state index < -0.39 is 35.5 Å². The normalized spacial score (nSPS) is 13.5. The van der Waals surface area contributed by atoms with E-state index in [0.717, 1.165) is 27.8 Å². The maximum Gasteiger partial charge on any atom is 0.407 e. The minimum Gasteiger partial charge on any atom is -0.508 e. The SMILES string of the molecule is Cc1cc(O)cc(C)c1CC(N)(C=O)CN[C@@H](CCCCNC(=O)OCc1ccccc1)C(=O)N[C@@H](Cc1ccccc1)C(N)=O. The number of aryl methyl sites for hydroxylation is 2. The van der Waals surface area contributed by atoms with Crippen molar-refractivity contribution in [2.45, 2.75) is 70.2 Å². The minimum absolute atomic E-state index is 0.0294. The van der Waals surface area contributed by atoms with Crippen molar-refractivity contribution in [1.82, 2.24) is 16.0 Å². The number of ether oxygens (including phenoxy) is 1. The van der Waals surface area contributed by atoms with Crippen molar-refractivity contribution in [2.75, 3.05) is 13.1 Å². The largest absolute Gasteiger partial charge is 0.508 e. The van der Waals surface area contributed by atoms with E-state index in [4.69, 9.17) is 16.2 Å². The summed E-state index contributed by atoms with van der Waals surface area (Å²) in [5, 5.41) is 18.5. The van der Waals surface area contributed by atoms with E-state index in [1.54, 1.807) is 12.1 Å². The highest BCUT2D eigenvalue weighted by Gasteiger charge is 2.30. The molecule has 0 heterocycles. The molecule has 3 amide bonds. The van der Waals surface area contributed by atoms with Gasteiger partial charge in [0.05, 0.1) is 11.6 Å². The number of carbonyl (C=O) groups excluding carboxylic acids is 4. The molecular formula is C35H45N5O6. The van der Waals surface area contributed by atoms with Crippen molar-refractivity contribution in [3.05, 3.63) is 101 Å². The van der Waals surface area contributed by atoms with Gasteiger partial charge in [0.1, 0.15) is 24.7 Å². The Bertz CT molecular complexity index is 1430. The number of aromatic hydroxyl groups is 1. The van der Waals surface area contributed by atoms with Gasteiger partial charge < -0.3 is 42.1 Å². The number of primary amides is 1. The molecule has 3 rings (SSSR count). The number of phenolic OH excluding ortho intramolecular Hbond substituents is 1. The first kappa shape index (κ1) is 35.7. The molecule has 3 atom stereocenters. The lowest BCUT2D eigenvalue weighted by Gasteiger charge is -2.29. The standard InChI is InChI=1S/C35H45N5O6/c1-24-17-28(42)18-25(2)29(24)20-35(37,23-41)22-39-30(33(44)40-31(32(36)43)19-26-11-5-3-6-12-26)15-9-10-16-38-34(45)46-21-27-13-7-4-8-14-27/h3-8,11-14,17-18,23,30-31,39,42H,9-10,15-16,19-22,37H2,1-2H3,(H2,36,43)(H,38,45)(H,40,44)/t30-,31-,35?/m0/s1. The van der Waals surface area contributed by atoms with Crippen LogP contribution >= 0.6 is 0 Å². The summed E-state index contributed by atoms with van der Waals surface area (Å²) in [6, 6.07) is 20.0. The van der Waals surface area contributed by atoms with Gasteiger partial charge in [-0.25, -0.2) is 4.79 Å². The van der Waals surface area contributed by atoms with E-state index in [2.05, 4.69) is 16.0 Å². The molecule has 0 aliphatic carbocycles. The third-order valence-corrected chi connectivity index (χ3v) is 7.76. The molecule has 8 N–H and O–H groups in total. The van der Waals surface area contributed by atoms with Crippen molar-refractivity contribution in [3.8, 4) is 5.75 Å². The number of unbranched alkanes of at least 4 members (excludes halogenated alkanes) is 1. The summed E-state index contributed by atoms with van der Waals surface area (Å²) in [7, 11) is 0. The average Bonchev–Trinajstić information content (AvgIpc) is 3.03. The van der Waals surface area contributed by atoms with Gasteiger partial charge >= 0.3 is 6.09 Å². The quantitative estimate of drug-likeness (QED) is 0.0914. The van der Waals surface area contributed by atoms with Crippen LogP contribution in [0.5, 0.6) is 5.75 Å². The van der Waals surface area contributed by atoms with E-state index in [1.807, 2.05) is 74.5 Å². The van der Waals surface area contributed by atoms with Crippen LogP contribution in [-0.4, -0.2) is 60.0 Å². The lowest BCUT2D eigenvalue weighted by atomic mass is 9.88. The molecule has 0 aliphatic rings. The van der Waals surface area contributed by atoms with Crippen LogP contribution in [0.2, 0.25) is 0 Å². The first-order valence-electron chi connectivity index (χ1n) is 15.4. The number of phenols is 1. The number of aldehydes is 1. The van der Waals surface area contributed by atoms with Crippen molar-refractivity contribution >= 4 is 24.2 Å². The number of alkyl carbamates (subject to hydrolysis) is 1. The molecule has 0 aliphatic heterocycles. The molecule has 3 aromatic carbocycles. The highest BCUT2D eigenvalue weighted by atomic mass is 16.5. The summed E-state index contributed by atoms with van der Waals surface area (Å²) < 4.78 is 5.24. The summed E-state index contributed by atoms with van der Waals surface area (Å²) in [5.41, 5.74) is 14.9. The number of nitrogens with one attached hydrogen (secondary N) is 3. The van der Waals surface area contributed by atoms with E-state index >= 15 is 0 Å². The van der Waals surface area contributed by atoms with Crippen molar-refractivity contribution in [3.63, 3.8) is 0 Å². The fraction of sp³-hybridized carbons (Fsp3) is 0.371. The Balaban J connectivity index is 1.63. The molecule has 0 aromatic heterocycles. The maximum atomic E-state index is 13.5. The zero-order valence-corrected chi connectivity index (χ0v) is 26.5. The third kappa shape index (κ3) is 11.6. The number of hydrogen-bond donors (Lipinski definition) is 6. The van der Waals surface area contributed by atoms with Gasteiger partial charge in [-0.2, -0.15) is 0 Å². The zero-order chi connectivity index (χ0) is 33.5. The number of carbonyl (C=O) groups is 4. The monoisotopic (exact) mass is 631 g/mol. The lowest BCUT2D eigenvalue weighted by Crippen LogP contribution is -2.58. The van der Waals surface area contributed by atoms with Crippen LogP contribution < -0.4 is 27.4 Å². The molecule has 0 saturated carbocycles. The van der Waals surface area contributed by atoms with Crippen LogP contribution in [0.25, 0.3) is 0 Å². The van der Waals surface area contributed by atoms with Gasteiger partial charge in [0.25, 0.3) is 0 Å². The molecule has 3 aromatic rings. The molecular weight excluding hydrogens is 586 g/mol. The Hall–Kier alpha value is -4.74. The second-order valence-electron chi connectivity index (χ2n) is 11.7. The van der Waals surface area contributed by atoms with Gasteiger partial charge in [0.15, 0.2) is 0 Å². The van der Waals surface area contributed by atoms with E-state index in [9.17, 15) is 24.3 Å². The summed E-state index contributed by atoms with van der Waals surface area (Å²) in [6.07, 6.45) is 1.92. The Morgan fingerprint density at radius 3 is 2.13 bits per heavy atom. The van der Waals surface area contributed by atoms with Crippen LogP contribution in [0.4, 0.5) is 4.79 Å². The van der Waals surface area contributed by atoms with Gasteiger partial charge in [0, 0.05) is 19.5 Å². The predicted molar refractivity (Wildman–Crippen MR) is 176 cm³/mol. The molecule has 0 bridgehead atoms. The molecule has 1 unspecified atom stereocenters. The Kier molecular flexibility index (Phi) is 13.7. The van der Waals surface area contributed by atoms with Gasteiger partial charge in [0.2, 0.25) is 11.8 Å². The van der Waals surface area contributed by atoms with Gasteiger partial charge in [-0.3, -0.25) is 9.59 Å². The molecule has 46 heavy (non-hydrogen) atoms. The highest BCUT2D eigenvalue weighted by molar-refractivity contribution is 5.89. The third-order valence-electron chi connectivity index (χ3n) is 7.76. The zero-order valence-electron chi connectivity index (χ0n) is 26.5. The first-order chi connectivity index (χ1) is 22.0. The molecule has 0 spiro atoms. The Morgan fingerprint density at radius 2 is 1.54 bits per heavy atom. The minimum atomic E-state index is -1.36. The van der Waals surface area contributed by atoms with Crippen molar-refractivity contribution < 1.29 is 29.0 Å². The number of nitrogens with two attached hydrogens (primary N) is 2. The van der Waals surface area contributed by atoms with Crippen molar-refractivity contribution in [1.29, 1.82) is 0 Å². The highest BCUT2D eigenvalue weighted by Crippen LogP contribution is 2.23. The molecule has 0 saturated heterocycles. The fourth-order valence-corrected chi connectivity index (χ4v) is 5.15. The summed E-state index contributed by atoms with van der Waals surface area (Å²) in [5.74, 6) is -1.01. The fourth-order valence-electron chi connectivity index (χ4n) is 5.15. The number of hydrogen-bond acceptors (Lipinski definition) is 8. The van der Waals surface area contributed by atoms with Gasteiger partial charge in [-0.15, -0.1) is 0 Å². The summed E-state index contributed by atoms with van der Waals surface area (Å²) >= 11 is 0. The summed E-state index contributed by atoms with van der Waals surface area (Å²) in [6.45, 7) is 4.12.